The second-order valence-corrected chi connectivity index (χ2v) is 8.29. The number of benzene rings is 1. The number of ether oxygens (including phenoxy) is 2. The summed E-state index contributed by atoms with van der Waals surface area (Å²) in [6, 6.07) is 8.54. The molecule has 1 N–H and O–H groups in total. The minimum absolute atomic E-state index is 0.0610. The minimum atomic E-state index is -0.361. The second kappa shape index (κ2) is 8.57. The molecule has 9 heteroatoms. The van der Waals surface area contributed by atoms with Crippen LogP contribution in [0.15, 0.2) is 41.3 Å². The molecule has 1 fully saturated rings. The normalized spacial score (nSPS) is 15.0. The molecule has 0 saturated carbocycles. The maximum Gasteiger partial charge on any atom is 0.259 e. The van der Waals surface area contributed by atoms with E-state index in [0.29, 0.717) is 47.0 Å². The first-order valence-electron chi connectivity index (χ1n) is 11.0. The maximum absolute atomic E-state index is 13.1. The number of nitrogens with zero attached hydrogens (tertiary/aromatic N) is 3. The zero-order valence-electron chi connectivity index (χ0n) is 18.3. The van der Waals surface area contributed by atoms with Crippen LogP contribution in [-0.2, 0) is 11.3 Å². The van der Waals surface area contributed by atoms with Gasteiger partial charge in [-0.1, -0.05) is 0 Å². The Bertz CT molecular complexity index is 1310. The van der Waals surface area contributed by atoms with Crippen molar-refractivity contribution in [2.24, 2.45) is 0 Å². The zero-order valence-corrected chi connectivity index (χ0v) is 18.3. The second-order valence-electron chi connectivity index (χ2n) is 8.29. The summed E-state index contributed by atoms with van der Waals surface area (Å²) in [7, 11) is 0. The molecule has 9 nitrogen and oxygen atoms in total. The van der Waals surface area contributed by atoms with Crippen molar-refractivity contribution in [2.45, 2.75) is 32.7 Å². The Morgan fingerprint density at radius 1 is 1.06 bits per heavy atom. The summed E-state index contributed by atoms with van der Waals surface area (Å²) in [5, 5.41) is 3.15. The molecule has 1 aromatic carbocycles. The third kappa shape index (κ3) is 4.13. The largest absolute Gasteiger partial charge is 0.454 e. The fourth-order valence-electron chi connectivity index (χ4n) is 4.23. The summed E-state index contributed by atoms with van der Waals surface area (Å²) >= 11 is 0. The molecule has 0 spiro atoms. The Hall–Kier alpha value is -3.88. The number of fused-ring (bicyclic) bond motifs is 2. The molecule has 5 rings (SSSR count). The Morgan fingerprint density at radius 2 is 1.85 bits per heavy atom. The van der Waals surface area contributed by atoms with Gasteiger partial charge in [-0.25, -0.2) is 4.98 Å². The third-order valence-corrected chi connectivity index (χ3v) is 5.90. The van der Waals surface area contributed by atoms with Gasteiger partial charge in [0.1, 0.15) is 17.8 Å². The summed E-state index contributed by atoms with van der Waals surface area (Å²) in [6.45, 7) is 3.12. The van der Waals surface area contributed by atoms with Gasteiger partial charge in [-0.2, -0.15) is 0 Å². The Labute approximate surface area is 189 Å². The number of hydrogen-bond acceptors (Lipinski definition) is 6. The van der Waals surface area contributed by atoms with Gasteiger partial charge in [0.15, 0.2) is 11.5 Å². The number of aryl methyl sites for hydroxylation is 1. The van der Waals surface area contributed by atoms with Crippen LogP contribution in [0.25, 0.3) is 11.0 Å². The molecule has 0 radical (unpaired) electrons. The molecular weight excluding hydrogens is 424 g/mol. The predicted molar refractivity (Wildman–Crippen MR) is 122 cm³/mol. The number of nitrogens with one attached hydrogen (secondary N) is 1. The molecule has 0 unspecified atom stereocenters. The number of rotatable bonds is 4. The molecule has 2 amide bonds. The van der Waals surface area contributed by atoms with Gasteiger partial charge in [-0.15, -0.1) is 0 Å². The van der Waals surface area contributed by atoms with Crippen LogP contribution in [0.4, 0.5) is 5.69 Å². The summed E-state index contributed by atoms with van der Waals surface area (Å²) in [5.74, 6) is 0.568. The van der Waals surface area contributed by atoms with Gasteiger partial charge in [0.25, 0.3) is 5.91 Å². The van der Waals surface area contributed by atoms with E-state index in [1.807, 2.05) is 6.92 Å². The zero-order chi connectivity index (χ0) is 22.9. The van der Waals surface area contributed by atoms with Crippen molar-refractivity contribution in [3.63, 3.8) is 0 Å². The number of carbonyl (C=O) groups is 2. The standard InChI is InChI=1S/C24H24N4O5/c1-15-5-7-17-22(30)18(24(31)27-9-3-2-4-10-27)12-28(23(17)25-15)13-21(29)26-16-6-8-19-20(11-16)33-14-32-19/h5-8,11-12H,2-4,9-10,13-14H2,1H3,(H,26,29). The van der Waals surface area contributed by atoms with Gasteiger partial charge in [-0.3, -0.25) is 14.4 Å². The predicted octanol–water partition coefficient (Wildman–Crippen LogP) is 2.70. The molecule has 33 heavy (non-hydrogen) atoms. The molecule has 3 aromatic rings. The van der Waals surface area contributed by atoms with E-state index in [2.05, 4.69) is 10.3 Å². The molecule has 2 aliphatic rings. The maximum atomic E-state index is 13.1. The fraction of sp³-hybridized carbons (Fsp3) is 0.333. The molecule has 2 aliphatic heterocycles. The Balaban J connectivity index is 1.47. The van der Waals surface area contributed by atoms with Gasteiger partial charge in [0.05, 0.1) is 5.39 Å². The van der Waals surface area contributed by atoms with E-state index in [1.54, 1.807) is 39.8 Å². The smallest absolute Gasteiger partial charge is 0.259 e. The topological polar surface area (TPSA) is 103 Å². The van der Waals surface area contributed by atoms with Crippen LogP contribution in [0.3, 0.4) is 0 Å². The number of likely N-dealkylation sites (tertiary alicyclic amines) is 1. The van der Waals surface area contributed by atoms with Crippen molar-refractivity contribution in [2.75, 3.05) is 25.2 Å². The Morgan fingerprint density at radius 3 is 2.67 bits per heavy atom. The highest BCUT2D eigenvalue weighted by Gasteiger charge is 2.24. The lowest BCUT2D eigenvalue weighted by Crippen LogP contribution is -2.38. The lowest BCUT2D eigenvalue weighted by molar-refractivity contribution is -0.116. The van der Waals surface area contributed by atoms with Crippen molar-refractivity contribution in [1.29, 1.82) is 0 Å². The fourth-order valence-corrected chi connectivity index (χ4v) is 4.23. The molecular formula is C24H24N4O5. The summed E-state index contributed by atoms with van der Waals surface area (Å²) < 4.78 is 12.2. The number of pyridine rings is 2. The van der Waals surface area contributed by atoms with Crippen LogP contribution in [0.5, 0.6) is 11.5 Å². The number of anilines is 1. The molecule has 170 valence electrons. The number of carbonyl (C=O) groups excluding carboxylic acids is 2. The van der Waals surface area contributed by atoms with Crippen molar-refractivity contribution < 1.29 is 19.1 Å². The van der Waals surface area contributed by atoms with Crippen molar-refractivity contribution in [3.05, 3.63) is 58.0 Å². The molecule has 1 saturated heterocycles. The number of amides is 2. The average Bonchev–Trinajstić information content (AvgIpc) is 3.29. The highest BCUT2D eigenvalue weighted by atomic mass is 16.7. The van der Waals surface area contributed by atoms with Gasteiger partial charge in [0.2, 0.25) is 18.1 Å². The van der Waals surface area contributed by atoms with E-state index in [-0.39, 0.29) is 36.1 Å². The Kier molecular flexibility index (Phi) is 5.45. The van der Waals surface area contributed by atoms with E-state index in [9.17, 15) is 14.4 Å². The number of hydrogen-bond donors (Lipinski definition) is 1. The summed E-state index contributed by atoms with van der Waals surface area (Å²) in [6.07, 6.45) is 4.39. The van der Waals surface area contributed by atoms with Crippen molar-refractivity contribution >= 4 is 28.5 Å². The number of piperidine rings is 1. The van der Waals surface area contributed by atoms with Crippen LogP contribution < -0.4 is 20.2 Å². The molecule has 0 bridgehead atoms. The quantitative estimate of drug-likeness (QED) is 0.658. The highest BCUT2D eigenvalue weighted by Crippen LogP contribution is 2.34. The first-order valence-corrected chi connectivity index (χ1v) is 11.0. The van der Waals surface area contributed by atoms with Crippen molar-refractivity contribution in [3.8, 4) is 11.5 Å². The van der Waals surface area contributed by atoms with E-state index in [4.69, 9.17) is 9.47 Å². The third-order valence-electron chi connectivity index (χ3n) is 5.90. The van der Waals surface area contributed by atoms with Crippen LogP contribution in [0.1, 0.15) is 35.3 Å². The SMILES string of the molecule is Cc1ccc2c(=O)c(C(=O)N3CCCCC3)cn(CC(=O)Nc3ccc4c(c3)OCO4)c2n1. The van der Waals surface area contributed by atoms with E-state index in [1.165, 1.54) is 6.20 Å². The number of aromatic nitrogens is 2. The lowest BCUT2D eigenvalue weighted by Gasteiger charge is -2.26. The monoisotopic (exact) mass is 448 g/mol. The van der Waals surface area contributed by atoms with Crippen LogP contribution in [-0.4, -0.2) is 46.1 Å². The molecule has 0 atom stereocenters. The average molecular weight is 448 g/mol. The highest BCUT2D eigenvalue weighted by molar-refractivity contribution is 5.97. The lowest BCUT2D eigenvalue weighted by atomic mass is 10.1. The summed E-state index contributed by atoms with van der Waals surface area (Å²) in [4.78, 5) is 45.3. The van der Waals surface area contributed by atoms with Crippen LogP contribution in [0, 0.1) is 6.92 Å². The molecule has 0 aliphatic carbocycles. The van der Waals surface area contributed by atoms with E-state index < -0.39 is 0 Å². The van der Waals surface area contributed by atoms with E-state index >= 15 is 0 Å². The first-order chi connectivity index (χ1) is 16.0. The van der Waals surface area contributed by atoms with Crippen LogP contribution >= 0.6 is 0 Å². The van der Waals surface area contributed by atoms with Gasteiger partial charge >= 0.3 is 0 Å². The van der Waals surface area contributed by atoms with Crippen molar-refractivity contribution in [1.82, 2.24) is 14.5 Å². The van der Waals surface area contributed by atoms with E-state index in [0.717, 1.165) is 19.3 Å². The van der Waals surface area contributed by atoms with Gasteiger partial charge in [0, 0.05) is 36.7 Å². The van der Waals surface area contributed by atoms with Crippen LogP contribution in [0.2, 0.25) is 0 Å². The first kappa shape index (κ1) is 21.0. The minimum Gasteiger partial charge on any atom is -0.454 e. The molecule has 2 aromatic heterocycles. The molecule has 4 heterocycles. The summed E-state index contributed by atoms with van der Waals surface area (Å²) in [5.41, 5.74) is 1.34. The van der Waals surface area contributed by atoms with Gasteiger partial charge in [-0.05, 0) is 50.5 Å². The van der Waals surface area contributed by atoms with Gasteiger partial charge < -0.3 is 24.3 Å².